The molecule has 28 heavy (non-hydrogen) atoms. The SMILES string of the molecule is CCn1c(=O)n(CC(=O)N2CCCCC2CNC(=O)CCN)c2ccccc21. The third-order valence-electron chi connectivity index (χ3n) is 5.39. The number of hydrogen-bond donors (Lipinski definition) is 2. The Morgan fingerprint density at radius 3 is 2.57 bits per heavy atom. The van der Waals surface area contributed by atoms with E-state index in [0.717, 1.165) is 30.3 Å². The Balaban J connectivity index is 1.78. The summed E-state index contributed by atoms with van der Waals surface area (Å²) in [5.41, 5.74) is 6.86. The second-order valence-corrected chi connectivity index (χ2v) is 7.18. The molecule has 2 amide bonds. The summed E-state index contributed by atoms with van der Waals surface area (Å²) in [6.07, 6.45) is 3.09. The summed E-state index contributed by atoms with van der Waals surface area (Å²) >= 11 is 0. The van der Waals surface area contributed by atoms with Crippen LogP contribution in [0.2, 0.25) is 0 Å². The lowest BCUT2D eigenvalue weighted by molar-refractivity contribution is -0.136. The number of imidazole rings is 1. The molecule has 0 radical (unpaired) electrons. The largest absolute Gasteiger partial charge is 0.354 e. The van der Waals surface area contributed by atoms with Crippen molar-refractivity contribution in [1.29, 1.82) is 0 Å². The standard InChI is InChI=1S/C20H29N5O3/c1-2-23-16-8-3-4-9-17(16)25(20(23)28)14-19(27)24-12-6-5-7-15(24)13-22-18(26)10-11-21/h3-4,8-9,15H,2,5-7,10-14,21H2,1H3,(H,22,26). The highest BCUT2D eigenvalue weighted by Gasteiger charge is 2.28. The molecule has 2 heterocycles. The molecule has 1 aliphatic rings. The van der Waals surface area contributed by atoms with Crippen molar-refractivity contribution < 1.29 is 9.59 Å². The summed E-state index contributed by atoms with van der Waals surface area (Å²) in [5.74, 6) is -0.179. The number of likely N-dealkylation sites (tertiary alicyclic amines) is 1. The number of aryl methyl sites for hydroxylation is 1. The van der Waals surface area contributed by atoms with Crippen molar-refractivity contribution >= 4 is 22.8 Å². The number of aromatic nitrogens is 2. The highest BCUT2D eigenvalue weighted by molar-refractivity contribution is 5.81. The quantitative estimate of drug-likeness (QED) is 0.729. The van der Waals surface area contributed by atoms with Gasteiger partial charge in [0.25, 0.3) is 0 Å². The zero-order valence-corrected chi connectivity index (χ0v) is 16.4. The number of nitrogens with one attached hydrogen (secondary N) is 1. The first kappa shape index (κ1) is 20.1. The Morgan fingerprint density at radius 1 is 1.18 bits per heavy atom. The van der Waals surface area contributed by atoms with Gasteiger partial charge < -0.3 is 16.0 Å². The Morgan fingerprint density at radius 2 is 1.89 bits per heavy atom. The number of rotatable bonds is 7. The molecular weight excluding hydrogens is 358 g/mol. The number of amides is 2. The minimum Gasteiger partial charge on any atom is -0.354 e. The fraction of sp³-hybridized carbons (Fsp3) is 0.550. The maximum absolute atomic E-state index is 13.1. The number of benzene rings is 1. The van der Waals surface area contributed by atoms with Crippen LogP contribution in [0, 0.1) is 0 Å². The number of para-hydroxylation sites is 2. The molecule has 0 bridgehead atoms. The van der Waals surface area contributed by atoms with Crippen LogP contribution in [0.3, 0.4) is 0 Å². The van der Waals surface area contributed by atoms with Crippen molar-refractivity contribution in [3.05, 3.63) is 34.7 Å². The van der Waals surface area contributed by atoms with E-state index < -0.39 is 0 Å². The molecule has 1 atom stereocenters. The number of nitrogens with zero attached hydrogens (tertiary/aromatic N) is 3. The molecule has 0 saturated carbocycles. The molecule has 1 fully saturated rings. The summed E-state index contributed by atoms with van der Waals surface area (Å²) < 4.78 is 3.24. The van der Waals surface area contributed by atoms with Crippen LogP contribution in [0.4, 0.5) is 0 Å². The number of fused-ring (bicyclic) bond motifs is 1. The number of carbonyl (C=O) groups excluding carboxylic acids is 2. The molecule has 1 saturated heterocycles. The molecule has 1 aromatic heterocycles. The van der Waals surface area contributed by atoms with Gasteiger partial charge in [0.15, 0.2) is 0 Å². The topological polar surface area (TPSA) is 102 Å². The summed E-state index contributed by atoms with van der Waals surface area (Å²) in [6.45, 7) is 3.88. The van der Waals surface area contributed by atoms with Crippen molar-refractivity contribution in [2.24, 2.45) is 5.73 Å². The van der Waals surface area contributed by atoms with Gasteiger partial charge in [0, 0.05) is 38.6 Å². The molecule has 3 N–H and O–H groups in total. The molecule has 8 heteroatoms. The lowest BCUT2D eigenvalue weighted by Gasteiger charge is -2.36. The van der Waals surface area contributed by atoms with Crippen molar-refractivity contribution in [2.45, 2.75) is 51.7 Å². The predicted octanol–water partition coefficient (Wildman–Crippen LogP) is 0.669. The minimum atomic E-state index is -0.165. The van der Waals surface area contributed by atoms with Gasteiger partial charge in [-0.05, 0) is 38.3 Å². The monoisotopic (exact) mass is 387 g/mol. The first-order valence-corrected chi connectivity index (χ1v) is 10.0. The van der Waals surface area contributed by atoms with Gasteiger partial charge in [-0.3, -0.25) is 18.7 Å². The van der Waals surface area contributed by atoms with Crippen LogP contribution in [0.5, 0.6) is 0 Å². The third kappa shape index (κ3) is 4.11. The van der Waals surface area contributed by atoms with E-state index >= 15 is 0 Å². The minimum absolute atomic E-state index is 0.0135. The second-order valence-electron chi connectivity index (χ2n) is 7.18. The van der Waals surface area contributed by atoms with Crippen LogP contribution in [0.25, 0.3) is 11.0 Å². The maximum Gasteiger partial charge on any atom is 0.329 e. The molecule has 0 spiro atoms. The predicted molar refractivity (Wildman–Crippen MR) is 108 cm³/mol. The third-order valence-corrected chi connectivity index (χ3v) is 5.39. The van der Waals surface area contributed by atoms with Crippen LogP contribution in [0.1, 0.15) is 32.6 Å². The van der Waals surface area contributed by atoms with E-state index in [4.69, 9.17) is 5.73 Å². The maximum atomic E-state index is 13.1. The highest BCUT2D eigenvalue weighted by Crippen LogP contribution is 2.18. The second kappa shape index (κ2) is 9.05. The van der Waals surface area contributed by atoms with Crippen LogP contribution in [0.15, 0.2) is 29.1 Å². The van der Waals surface area contributed by atoms with E-state index in [9.17, 15) is 14.4 Å². The van der Waals surface area contributed by atoms with Crippen LogP contribution in [-0.2, 0) is 22.7 Å². The molecule has 2 aromatic rings. The van der Waals surface area contributed by atoms with E-state index in [1.807, 2.05) is 36.1 Å². The first-order chi connectivity index (χ1) is 13.6. The van der Waals surface area contributed by atoms with E-state index in [-0.39, 0.29) is 36.5 Å². The molecule has 0 aliphatic carbocycles. The number of nitrogens with two attached hydrogens (primary N) is 1. The van der Waals surface area contributed by atoms with Crippen LogP contribution >= 0.6 is 0 Å². The summed E-state index contributed by atoms with van der Waals surface area (Å²) in [6, 6.07) is 7.50. The smallest absolute Gasteiger partial charge is 0.329 e. The van der Waals surface area contributed by atoms with Crippen LogP contribution < -0.4 is 16.7 Å². The van der Waals surface area contributed by atoms with Gasteiger partial charge in [-0.2, -0.15) is 0 Å². The zero-order chi connectivity index (χ0) is 20.1. The Bertz CT molecular complexity index is 901. The van der Waals surface area contributed by atoms with Gasteiger partial charge in [0.2, 0.25) is 11.8 Å². The molecule has 3 rings (SSSR count). The van der Waals surface area contributed by atoms with Gasteiger partial charge in [-0.25, -0.2) is 4.79 Å². The van der Waals surface area contributed by atoms with E-state index in [2.05, 4.69) is 5.32 Å². The average Bonchev–Trinajstić information content (AvgIpc) is 2.98. The van der Waals surface area contributed by atoms with Gasteiger partial charge in [-0.1, -0.05) is 12.1 Å². The van der Waals surface area contributed by atoms with Crippen molar-refractivity contribution in [1.82, 2.24) is 19.4 Å². The first-order valence-electron chi connectivity index (χ1n) is 10.0. The molecule has 1 unspecified atom stereocenters. The number of hydrogen-bond acceptors (Lipinski definition) is 4. The fourth-order valence-corrected chi connectivity index (χ4v) is 3.95. The van der Waals surface area contributed by atoms with Gasteiger partial charge >= 0.3 is 5.69 Å². The Hall–Kier alpha value is -2.61. The van der Waals surface area contributed by atoms with Gasteiger partial charge in [-0.15, -0.1) is 0 Å². The molecular formula is C20H29N5O3. The van der Waals surface area contributed by atoms with E-state index in [1.165, 1.54) is 0 Å². The lowest BCUT2D eigenvalue weighted by atomic mass is 10.0. The van der Waals surface area contributed by atoms with Crippen molar-refractivity contribution in [2.75, 3.05) is 19.6 Å². The van der Waals surface area contributed by atoms with Crippen molar-refractivity contribution in [3.8, 4) is 0 Å². The lowest BCUT2D eigenvalue weighted by Crippen LogP contribution is -2.51. The van der Waals surface area contributed by atoms with E-state index in [0.29, 0.717) is 26.2 Å². The summed E-state index contributed by atoms with van der Waals surface area (Å²) in [5, 5.41) is 2.87. The number of piperidine rings is 1. The molecule has 152 valence electrons. The van der Waals surface area contributed by atoms with Gasteiger partial charge in [0.1, 0.15) is 6.54 Å². The summed E-state index contributed by atoms with van der Waals surface area (Å²) in [4.78, 5) is 39.4. The molecule has 1 aliphatic heterocycles. The van der Waals surface area contributed by atoms with Crippen molar-refractivity contribution in [3.63, 3.8) is 0 Å². The summed E-state index contributed by atoms with van der Waals surface area (Å²) in [7, 11) is 0. The zero-order valence-electron chi connectivity index (χ0n) is 16.4. The Labute approximate surface area is 164 Å². The molecule has 1 aromatic carbocycles. The fourth-order valence-electron chi connectivity index (χ4n) is 3.95. The average molecular weight is 387 g/mol. The van der Waals surface area contributed by atoms with Crippen LogP contribution in [-0.4, -0.2) is 51.5 Å². The highest BCUT2D eigenvalue weighted by atomic mass is 16.2. The van der Waals surface area contributed by atoms with E-state index in [1.54, 1.807) is 9.13 Å². The van der Waals surface area contributed by atoms with Gasteiger partial charge in [0.05, 0.1) is 11.0 Å². The molecule has 8 nitrogen and oxygen atoms in total. The Kier molecular flexibility index (Phi) is 6.51. The number of carbonyl (C=O) groups is 2. The normalized spacial score (nSPS) is 17.1.